The Morgan fingerprint density at radius 2 is 1.88 bits per heavy atom. The summed E-state index contributed by atoms with van der Waals surface area (Å²) in [6.07, 6.45) is 1.73. The van der Waals surface area contributed by atoms with Crippen molar-refractivity contribution in [3.63, 3.8) is 0 Å². The molecule has 0 N–H and O–H groups in total. The van der Waals surface area contributed by atoms with Gasteiger partial charge in [-0.1, -0.05) is 59.8 Å². The number of benzene rings is 3. The Morgan fingerprint density at radius 3 is 2.59 bits per heavy atom. The molecule has 0 bridgehead atoms. The standard InChI is InChI=1S/C24H17ClFNO3S2/c1-29-20-10-7-16(11-21(20)30-14-15-5-8-17(25)9-6-15)12-22-23(28)27(24(31)32-22)19-4-2-3-18(26)13-19/h2-13H,14H2,1H3/b22-12+. The number of hydrogen-bond donors (Lipinski definition) is 0. The number of methoxy groups -OCH3 is 1. The first kappa shape index (κ1) is 22.3. The first-order valence-electron chi connectivity index (χ1n) is 9.53. The maximum absolute atomic E-state index is 13.6. The van der Waals surface area contributed by atoms with Crippen LogP contribution in [0.5, 0.6) is 11.5 Å². The number of anilines is 1. The molecule has 0 aliphatic carbocycles. The van der Waals surface area contributed by atoms with Gasteiger partial charge in [-0.15, -0.1) is 0 Å². The number of halogens is 2. The van der Waals surface area contributed by atoms with Gasteiger partial charge in [-0.2, -0.15) is 0 Å². The minimum Gasteiger partial charge on any atom is -0.493 e. The van der Waals surface area contributed by atoms with Gasteiger partial charge in [0, 0.05) is 5.02 Å². The first-order valence-corrected chi connectivity index (χ1v) is 11.1. The molecule has 1 fully saturated rings. The summed E-state index contributed by atoms with van der Waals surface area (Å²) >= 11 is 12.5. The smallest absolute Gasteiger partial charge is 0.270 e. The van der Waals surface area contributed by atoms with Gasteiger partial charge in [0.25, 0.3) is 5.91 Å². The Morgan fingerprint density at radius 1 is 1.09 bits per heavy atom. The molecule has 0 unspecified atom stereocenters. The lowest BCUT2D eigenvalue weighted by Gasteiger charge is -2.14. The molecule has 1 amide bonds. The monoisotopic (exact) mass is 485 g/mol. The van der Waals surface area contributed by atoms with E-state index in [0.29, 0.717) is 38.0 Å². The summed E-state index contributed by atoms with van der Waals surface area (Å²) in [5.74, 6) is 0.378. The lowest BCUT2D eigenvalue weighted by atomic mass is 10.1. The van der Waals surface area contributed by atoms with Gasteiger partial charge in [0.05, 0.1) is 17.7 Å². The van der Waals surface area contributed by atoms with E-state index in [9.17, 15) is 9.18 Å². The summed E-state index contributed by atoms with van der Waals surface area (Å²) in [6, 6.07) is 18.6. The van der Waals surface area contributed by atoms with E-state index in [1.165, 1.54) is 28.8 Å². The van der Waals surface area contributed by atoms with Crippen molar-refractivity contribution in [3.8, 4) is 11.5 Å². The van der Waals surface area contributed by atoms with E-state index in [1.54, 1.807) is 49.6 Å². The number of thiocarbonyl (C=S) groups is 1. The molecular weight excluding hydrogens is 469 g/mol. The molecule has 32 heavy (non-hydrogen) atoms. The Kier molecular flexibility index (Phi) is 6.79. The second-order valence-electron chi connectivity index (χ2n) is 6.82. The molecule has 3 aromatic rings. The zero-order valence-corrected chi connectivity index (χ0v) is 19.3. The number of thioether (sulfide) groups is 1. The molecule has 0 saturated carbocycles. The Labute approximate surface area is 199 Å². The van der Waals surface area contributed by atoms with E-state index < -0.39 is 5.82 Å². The molecule has 1 saturated heterocycles. The van der Waals surface area contributed by atoms with Gasteiger partial charge in [0.15, 0.2) is 15.8 Å². The third-order valence-corrected chi connectivity index (χ3v) is 6.21. The maximum atomic E-state index is 13.6. The average Bonchev–Trinajstić information content (AvgIpc) is 3.06. The van der Waals surface area contributed by atoms with Crippen LogP contribution in [0.2, 0.25) is 5.02 Å². The van der Waals surface area contributed by atoms with Crippen molar-refractivity contribution in [2.75, 3.05) is 12.0 Å². The molecule has 162 valence electrons. The first-order chi connectivity index (χ1) is 15.4. The summed E-state index contributed by atoms with van der Waals surface area (Å²) < 4.78 is 25.3. The van der Waals surface area contributed by atoms with Crippen LogP contribution in [-0.2, 0) is 11.4 Å². The Balaban J connectivity index is 1.57. The number of nitrogens with zero attached hydrogens (tertiary/aromatic N) is 1. The maximum Gasteiger partial charge on any atom is 0.270 e. The highest BCUT2D eigenvalue weighted by Gasteiger charge is 2.33. The van der Waals surface area contributed by atoms with Gasteiger partial charge in [-0.3, -0.25) is 9.69 Å². The molecule has 0 aromatic heterocycles. The largest absolute Gasteiger partial charge is 0.493 e. The predicted molar refractivity (Wildman–Crippen MR) is 131 cm³/mol. The summed E-state index contributed by atoms with van der Waals surface area (Å²) in [5, 5.41) is 0.656. The number of ether oxygens (including phenoxy) is 2. The quantitative estimate of drug-likeness (QED) is 0.295. The second kappa shape index (κ2) is 9.73. The SMILES string of the molecule is COc1ccc(/C=C2/SC(=S)N(c3cccc(F)c3)C2=O)cc1OCc1ccc(Cl)cc1. The molecule has 0 radical (unpaired) electrons. The van der Waals surface area contributed by atoms with Crippen LogP contribution < -0.4 is 14.4 Å². The number of carbonyl (C=O) groups is 1. The molecule has 0 spiro atoms. The third kappa shape index (κ3) is 4.96. The molecule has 4 rings (SSSR count). The van der Waals surface area contributed by atoms with Crippen LogP contribution in [-0.4, -0.2) is 17.3 Å². The van der Waals surface area contributed by atoms with Gasteiger partial charge in [-0.05, 0) is 59.7 Å². The van der Waals surface area contributed by atoms with Gasteiger partial charge in [0.1, 0.15) is 12.4 Å². The Hall–Kier alpha value is -2.87. The number of rotatable bonds is 6. The van der Waals surface area contributed by atoms with Crippen LogP contribution in [0.25, 0.3) is 6.08 Å². The number of carbonyl (C=O) groups excluding carboxylic acids is 1. The number of amides is 1. The molecule has 3 aromatic carbocycles. The van der Waals surface area contributed by atoms with Gasteiger partial charge >= 0.3 is 0 Å². The topological polar surface area (TPSA) is 38.8 Å². The van der Waals surface area contributed by atoms with Crippen LogP contribution in [0.15, 0.2) is 71.6 Å². The predicted octanol–water partition coefficient (Wildman–Crippen LogP) is 6.47. The normalized spacial score (nSPS) is 14.8. The summed E-state index contributed by atoms with van der Waals surface area (Å²) in [6.45, 7) is 0.332. The van der Waals surface area contributed by atoms with Crippen molar-refractivity contribution in [1.29, 1.82) is 0 Å². The highest BCUT2D eigenvalue weighted by Crippen LogP contribution is 2.37. The molecule has 8 heteroatoms. The van der Waals surface area contributed by atoms with E-state index in [2.05, 4.69) is 0 Å². The van der Waals surface area contributed by atoms with Crippen molar-refractivity contribution in [2.45, 2.75) is 6.61 Å². The van der Waals surface area contributed by atoms with Crippen molar-refractivity contribution in [2.24, 2.45) is 0 Å². The van der Waals surface area contributed by atoms with Crippen molar-refractivity contribution in [1.82, 2.24) is 0 Å². The summed E-state index contributed by atoms with van der Waals surface area (Å²) in [5.41, 5.74) is 2.10. The average molecular weight is 486 g/mol. The Bertz CT molecular complexity index is 1210. The van der Waals surface area contributed by atoms with Crippen molar-refractivity contribution < 1.29 is 18.7 Å². The number of hydrogen-bond acceptors (Lipinski definition) is 5. The van der Waals surface area contributed by atoms with E-state index in [1.807, 2.05) is 18.2 Å². The van der Waals surface area contributed by atoms with Crippen LogP contribution in [0.4, 0.5) is 10.1 Å². The van der Waals surface area contributed by atoms with E-state index >= 15 is 0 Å². The second-order valence-corrected chi connectivity index (χ2v) is 8.93. The van der Waals surface area contributed by atoms with Crippen LogP contribution in [0.3, 0.4) is 0 Å². The molecule has 0 atom stereocenters. The highest BCUT2D eigenvalue weighted by molar-refractivity contribution is 8.27. The molecule has 1 heterocycles. The molecular formula is C24H17ClFNO3S2. The zero-order valence-electron chi connectivity index (χ0n) is 16.9. The highest BCUT2D eigenvalue weighted by atomic mass is 35.5. The van der Waals surface area contributed by atoms with E-state index in [4.69, 9.17) is 33.3 Å². The lowest BCUT2D eigenvalue weighted by molar-refractivity contribution is -0.113. The molecule has 1 aliphatic rings. The van der Waals surface area contributed by atoms with Crippen LogP contribution in [0.1, 0.15) is 11.1 Å². The fraction of sp³-hybridized carbons (Fsp3) is 0.0833. The lowest BCUT2D eigenvalue weighted by Crippen LogP contribution is -2.27. The van der Waals surface area contributed by atoms with Crippen LogP contribution in [0, 0.1) is 5.82 Å². The summed E-state index contributed by atoms with van der Waals surface area (Å²) in [4.78, 5) is 14.7. The van der Waals surface area contributed by atoms with Crippen LogP contribution >= 0.6 is 35.6 Å². The van der Waals surface area contributed by atoms with E-state index in [0.717, 1.165) is 11.1 Å². The third-order valence-electron chi connectivity index (χ3n) is 4.65. The molecule has 1 aliphatic heterocycles. The van der Waals surface area contributed by atoms with Gasteiger partial charge in [-0.25, -0.2) is 4.39 Å². The molecule has 4 nitrogen and oxygen atoms in total. The summed E-state index contributed by atoms with van der Waals surface area (Å²) in [7, 11) is 1.56. The van der Waals surface area contributed by atoms with E-state index in [-0.39, 0.29) is 5.91 Å². The van der Waals surface area contributed by atoms with Gasteiger partial charge < -0.3 is 9.47 Å². The minimum absolute atomic E-state index is 0.301. The van der Waals surface area contributed by atoms with Gasteiger partial charge in [0.2, 0.25) is 0 Å². The fourth-order valence-corrected chi connectivity index (χ4v) is 4.52. The minimum atomic E-state index is -0.432. The zero-order chi connectivity index (χ0) is 22.7. The fourth-order valence-electron chi connectivity index (χ4n) is 3.09. The van der Waals surface area contributed by atoms with Crippen molar-refractivity contribution >= 4 is 57.6 Å². The van der Waals surface area contributed by atoms with Crippen molar-refractivity contribution in [3.05, 3.63) is 93.6 Å².